The van der Waals surface area contributed by atoms with E-state index in [-0.39, 0.29) is 11.6 Å². The largest absolute Gasteiger partial charge is 0.379 e. The molecule has 0 spiro atoms. The van der Waals surface area contributed by atoms with E-state index in [9.17, 15) is 13.2 Å². The number of hydrogen-bond donors (Lipinski definition) is 2. The highest BCUT2D eigenvalue weighted by Crippen LogP contribution is 2.13. The van der Waals surface area contributed by atoms with Crippen molar-refractivity contribution in [3.05, 3.63) is 35.1 Å². The zero-order valence-electron chi connectivity index (χ0n) is 7.58. The molecule has 0 aliphatic heterocycles. The highest BCUT2D eigenvalue weighted by Gasteiger charge is 2.10. The minimum absolute atomic E-state index is 0.186. The van der Waals surface area contributed by atoms with Crippen molar-refractivity contribution in [2.75, 3.05) is 0 Å². The Bertz CT molecular complexity index is 323. The number of aliphatic hydroxyl groups excluding tert-OH is 1. The van der Waals surface area contributed by atoms with Crippen LogP contribution in [0, 0.1) is 17.5 Å². The van der Waals surface area contributed by atoms with E-state index in [2.05, 4.69) is 4.43 Å². The Labute approximate surface area is 86.1 Å². The molecule has 1 aromatic carbocycles. The van der Waals surface area contributed by atoms with E-state index in [4.69, 9.17) is 10.2 Å². The Hall–Kier alpha value is -0.893. The van der Waals surface area contributed by atoms with Crippen LogP contribution in [-0.4, -0.2) is 26.5 Å². The summed E-state index contributed by atoms with van der Waals surface area (Å²) in [5, 5.41) is 16.7. The molecule has 0 aliphatic carbocycles. The molecule has 0 unspecified atom stereocenters. The minimum Gasteiger partial charge on any atom is -0.379 e. The van der Waals surface area contributed by atoms with Crippen molar-refractivity contribution in [3.63, 3.8) is 0 Å². The summed E-state index contributed by atoms with van der Waals surface area (Å²) in [5.74, 6) is -4.03. The molecule has 1 aromatic rings. The number of halogens is 3. The van der Waals surface area contributed by atoms with Gasteiger partial charge in [0.05, 0.1) is 0 Å². The van der Waals surface area contributed by atoms with Gasteiger partial charge in [0.15, 0.2) is 27.2 Å². The third-order valence-electron chi connectivity index (χ3n) is 1.70. The molecule has 0 fully saturated rings. The first-order valence-corrected chi connectivity index (χ1v) is 5.69. The first-order chi connectivity index (χ1) is 7.00. The third-order valence-corrected chi connectivity index (χ3v) is 3.02. The van der Waals surface area contributed by atoms with Crippen LogP contribution in [0.5, 0.6) is 0 Å². The van der Waals surface area contributed by atoms with Crippen molar-refractivity contribution < 1.29 is 27.8 Å². The van der Waals surface area contributed by atoms with Crippen molar-refractivity contribution in [2.24, 2.45) is 0 Å². The van der Waals surface area contributed by atoms with Gasteiger partial charge >= 0.3 is 0 Å². The van der Waals surface area contributed by atoms with Gasteiger partial charge in [-0.15, -0.1) is 0 Å². The maximum atomic E-state index is 12.7. The Balaban J connectivity index is 2.63. The zero-order chi connectivity index (χ0) is 11.4. The summed E-state index contributed by atoms with van der Waals surface area (Å²) in [4.78, 5) is 0. The van der Waals surface area contributed by atoms with E-state index in [1.165, 1.54) is 0 Å². The first-order valence-electron chi connectivity index (χ1n) is 4.12. The molecule has 0 radical (unpaired) electrons. The van der Waals surface area contributed by atoms with Crippen LogP contribution in [0.25, 0.3) is 0 Å². The van der Waals surface area contributed by atoms with E-state index >= 15 is 0 Å². The molecule has 84 valence electrons. The molecule has 0 saturated heterocycles. The summed E-state index contributed by atoms with van der Waals surface area (Å²) in [5.41, 5.74) is 0.235. The molecule has 2 N–H and O–H groups in total. The second-order valence-electron chi connectivity index (χ2n) is 2.82. The van der Waals surface area contributed by atoms with E-state index in [1.54, 1.807) is 0 Å². The lowest BCUT2D eigenvalue weighted by Crippen LogP contribution is -2.15. The lowest BCUT2D eigenvalue weighted by atomic mass is 10.2. The average Bonchev–Trinajstić information content (AvgIpc) is 2.13. The van der Waals surface area contributed by atoms with Gasteiger partial charge in [-0.3, -0.25) is 0 Å². The Morgan fingerprint density at radius 3 is 2.20 bits per heavy atom. The van der Waals surface area contributed by atoms with Crippen molar-refractivity contribution in [1.82, 2.24) is 0 Å². The van der Waals surface area contributed by atoms with E-state index < -0.39 is 33.7 Å². The number of rotatable bonds is 4. The quantitative estimate of drug-likeness (QED) is 0.440. The van der Waals surface area contributed by atoms with Crippen molar-refractivity contribution >= 4 is 9.76 Å². The first kappa shape index (κ1) is 12.2. The van der Waals surface area contributed by atoms with Gasteiger partial charge in [-0.05, 0) is 23.7 Å². The highest BCUT2D eigenvalue weighted by molar-refractivity contribution is 6.26. The fraction of sp³-hybridized carbons (Fsp3) is 0.250. The van der Waals surface area contributed by atoms with Crippen LogP contribution in [0.4, 0.5) is 13.2 Å². The second kappa shape index (κ2) is 5.26. The smallest absolute Gasteiger partial charge is 0.256 e. The third kappa shape index (κ3) is 3.63. The average molecular weight is 238 g/mol. The van der Waals surface area contributed by atoms with Crippen LogP contribution in [0.2, 0.25) is 0 Å². The summed E-state index contributed by atoms with van der Waals surface area (Å²) in [7, 11) is -1.33. The lowest BCUT2D eigenvalue weighted by molar-refractivity contribution is -0.180. The zero-order valence-corrected chi connectivity index (χ0v) is 9.00. The van der Waals surface area contributed by atoms with Gasteiger partial charge in [0, 0.05) is 0 Å². The maximum absolute atomic E-state index is 12.7. The second-order valence-corrected chi connectivity index (χ2v) is 4.06. The van der Waals surface area contributed by atoms with Crippen molar-refractivity contribution in [1.29, 1.82) is 0 Å². The van der Waals surface area contributed by atoms with Crippen LogP contribution in [0.1, 0.15) is 5.56 Å². The fourth-order valence-corrected chi connectivity index (χ4v) is 1.89. The topological polar surface area (TPSA) is 49.7 Å². The van der Waals surface area contributed by atoms with Crippen LogP contribution in [-0.2, 0) is 10.5 Å². The van der Waals surface area contributed by atoms with Gasteiger partial charge in [0.1, 0.15) is 0 Å². The Morgan fingerprint density at radius 1 is 1.20 bits per heavy atom. The van der Waals surface area contributed by atoms with E-state index in [0.29, 0.717) is 0 Å². The lowest BCUT2D eigenvalue weighted by Gasteiger charge is -2.05. The predicted molar refractivity (Wildman–Crippen MR) is 47.9 cm³/mol. The van der Waals surface area contributed by atoms with Gasteiger partial charge in [-0.1, -0.05) is 0 Å². The molecule has 0 heterocycles. The summed E-state index contributed by atoms with van der Waals surface area (Å²) in [6.45, 7) is -1.87. The summed E-state index contributed by atoms with van der Waals surface area (Å²) >= 11 is 0. The molecule has 0 aromatic heterocycles. The summed E-state index contributed by atoms with van der Waals surface area (Å²) in [6, 6.07) is 1.91. The molecule has 0 saturated carbocycles. The molecule has 0 aliphatic rings. The van der Waals surface area contributed by atoms with Gasteiger partial charge in [0.25, 0.3) is 6.48 Å². The standard InChI is InChI=1S/C8H9F3O3Si/c9-5-1-4(2-6(10)7(5)11)3-15-14-8(12)13/h1-2,8,12-13H,3,15H2. The van der Waals surface area contributed by atoms with Gasteiger partial charge in [0.2, 0.25) is 0 Å². The number of aliphatic hydroxyl groups is 2. The molecule has 0 amide bonds. The van der Waals surface area contributed by atoms with Crippen LogP contribution in [0.3, 0.4) is 0 Å². The monoisotopic (exact) mass is 238 g/mol. The highest BCUT2D eigenvalue weighted by atomic mass is 28.2. The molecular weight excluding hydrogens is 229 g/mol. The van der Waals surface area contributed by atoms with Gasteiger partial charge < -0.3 is 14.6 Å². The predicted octanol–water partition coefficient (Wildman–Crippen LogP) is -0.0275. The van der Waals surface area contributed by atoms with Crippen molar-refractivity contribution in [3.8, 4) is 0 Å². The van der Waals surface area contributed by atoms with Gasteiger partial charge in [-0.25, -0.2) is 13.2 Å². The molecule has 15 heavy (non-hydrogen) atoms. The Morgan fingerprint density at radius 2 is 1.73 bits per heavy atom. The SMILES string of the molecule is OC(O)O[SiH2]Cc1cc(F)c(F)c(F)c1. The van der Waals surface area contributed by atoms with E-state index in [0.717, 1.165) is 12.1 Å². The number of hydrogen-bond acceptors (Lipinski definition) is 3. The molecular formula is C8H9F3O3Si. The number of benzene rings is 1. The van der Waals surface area contributed by atoms with E-state index in [1.807, 2.05) is 0 Å². The molecule has 0 bridgehead atoms. The van der Waals surface area contributed by atoms with Gasteiger partial charge in [-0.2, -0.15) is 0 Å². The van der Waals surface area contributed by atoms with Crippen molar-refractivity contribution in [2.45, 2.75) is 12.5 Å². The molecule has 3 nitrogen and oxygen atoms in total. The molecule has 7 heteroatoms. The molecule has 1 rings (SSSR count). The fourth-order valence-electron chi connectivity index (χ4n) is 1.03. The maximum Gasteiger partial charge on any atom is 0.256 e. The van der Waals surface area contributed by atoms with Crippen LogP contribution < -0.4 is 0 Å². The van der Waals surface area contributed by atoms with Crippen LogP contribution in [0.15, 0.2) is 12.1 Å². The molecule has 0 atom stereocenters. The van der Waals surface area contributed by atoms with Crippen LogP contribution >= 0.6 is 0 Å². The Kier molecular flexibility index (Phi) is 4.27. The minimum atomic E-state index is -1.87. The summed E-state index contributed by atoms with van der Waals surface area (Å²) in [6.07, 6.45) is 0. The summed E-state index contributed by atoms with van der Waals surface area (Å²) < 4.78 is 42.4. The normalized spacial score (nSPS) is 11.9.